The fraction of sp³-hybridized carbons (Fsp3) is 0.200. The molecule has 1 aromatic carbocycles. The smallest absolute Gasteiger partial charge is 0.333 e. The predicted octanol–water partition coefficient (Wildman–Crippen LogP) is -0.0564. The molecule has 120 valence electrons. The van der Waals surface area contributed by atoms with Gasteiger partial charge in [0.2, 0.25) is 5.88 Å². The zero-order valence-corrected chi connectivity index (χ0v) is 12.9. The number of aromatic nitrogens is 2. The first-order valence-electron chi connectivity index (χ1n) is 6.73. The van der Waals surface area contributed by atoms with Crippen LogP contribution in [0, 0.1) is 0 Å². The Morgan fingerprint density at radius 1 is 1.13 bits per heavy atom. The zero-order valence-electron chi connectivity index (χ0n) is 12.9. The van der Waals surface area contributed by atoms with Crippen LogP contribution in [0.25, 0.3) is 0 Å². The van der Waals surface area contributed by atoms with E-state index in [2.05, 4.69) is 10.5 Å². The van der Waals surface area contributed by atoms with Gasteiger partial charge in [0.15, 0.2) is 0 Å². The van der Waals surface area contributed by atoms with Crippen LogP contribution in [0.3, 0.4) is 0 Å². The first-order chi connectivity index (χ1) is 10.8. The maximum Gasteiger partial charge on any atom is 0.333 e. The minimum absolute atomic E-state index is 0.0861. The van der Waals surface area contributed by atoms with Crippen molar-refractivity contribution in [1.82, 2.24) is 14.6 Å². The number of nitrogens with zero attached hydrogens (tertiary/aromatic N) is 3. The van der Waals surface area contributed by atoms with Crippen LogP contribution < -0.4 is 16.7 Å². The molecule has 1 heterocycles. The molecular formula is C15H16N4O4. The van der Waals surface area contributed by atoms with Crippen molar-refractivity contribution in [1.29, 1.82) is 0 Å². The number of amides is 1. The first-order valence-corrected chi connectivity index (χ1v) is 6.73. The summed E-state index contributed by atoms with van der Waals surface area (Å²) in [7, 11) is 2.62. The summed E-state index contributed by atoms with van der Waals surface area (Å²) in [6, 6.07) is 8.42. The molecule has 0 atom stereocenters. The molecule has 0 unspecified atom stereocenters. The van der Waals surface area contributed by atoms with Crippen molar-refractivity contribution in [3.05, 3.63) is 62.3 Å². The third-order valence-electron chi connectivity index (χ3n) is 3.36. The number of carbonyl (C=O) groups is 1. The van der Waals surface area contributed by atoms with Gasteiger partial charge in [0, 0.05) is 19.7 Å². The number of hydrogen-bond acceptors (Lipinski definition) is 5. The second kappa shape index (κ2) is 6.30. The maximum absolute atomic E-state index is 12.1. The van der Waals surface area contributed by atoms with Gasteiger partial charge in [-0.25, -0.2) is 10.2 Å². The molecule has 1 aromatic heterocycles. The number of aromatic hydroxyl groups is 1. The van der Waals surface area contributed by atoms with Gasteiger partial charge in [-0.15, -0.1) is 0 Å². The van der Waals surface area contributed by atoms with Gasteiger partial charge in [-0.05, 0) is 19.1 Å². The fourth-order valence-corrected chi connectivity index (χ4v) is 1.99. The van der Waals surface area contributed by atoms with E-state index in [0.717, 1.165) is 9.13 Å². The molecule has 0 saturated heterocycles. The van der Waals surface area contributed by atoms with Crippen LogP contribution in [0.2, 0.25) is 0 Å². The van der Waals surface area contributed by atoms with E-state index in [0.29, 0.717) is 5.56 Å². The Kier molecular flexibility index (Phi) is 4.44. The van der Waals surface area contributed by atoms with E-state index in [1.807, 2.05) is 0 Å². The van der Waals surface area contributed by atoms with Crippen LogP contribution >= 0.6 is 0 Å². The fourth-order valence-electron chi connectivity index (χ4n) is 1.99. The minimum Gasteiger partial charge on any atom is -0.494 e. The number of hydrazone groups is 1. The Morgan fingerprint density at radius 3 is 2.35 bits per heavy atom. The van der Waals surface area contributed by atoms with E-state index in [-0.39, 0.29) is 11.3 Å². The Balaban J connectivity index is 2.38. The van der Waals surface area contributed by atoms with E-state index < -0.39 is 23.0 Å². The normalized spacial score (nSPS) is 11.3. The molecule has 23 heavy (non-hydrogen) atoms. The van der Waals surface area contributed by atoms with Gasteiger partial charge >= 0.3 is 5.69 Å². The molecule has 0 aliphatic rings. The van der Waals surface area contributed by atoms with Crippen LogP contribution in [0.4, 0.5) is 0 Å². The van der Waals surface area contributed by atoms with Crippen molar-refractivity contribution >= 4 is 11.6 Å². The van der Waals surface area contributed by atoms with Crippen LogP contribution in [-0.4, -0.2) is 25.9 Å². The quantitative estimate of drug-likeness (QED) is 0.611. The molecule has 2 rings (SSSR count). The SMILES string of the molecule is C/C(=N\NC(=O)c1ccccc1)c1c(O)n(C)c(=O)n(C)c1=O. The molecule has 2 N–H and O–H groups in total. The molecule has 0 radical (unpaired) electrons. The van der Waals surface area contributed by atoms with Gasteiger partial charge in [-0.1, -0.05) is 18.2 Å². The average molecular weight is 316 g/mol. The topological polar surface area (TPSA) is 106 Å². The van der Waals surface area contributed by atoms with Crippen LogP contribution in [-0.2, 0) is 14.1 Å². The third-order valence-corrected chi connectivity index (χ3v) is 3.36. The number of carbonyl (C=O) groups excluding carboxylic acids is 1. The second-order valence-electron chi connectivity index (χ2n) is 4.91. The van der Waals surface area contributed by atoms with Crippen LogP contribution in [0.5, 0.6) is 5.88 Å². The molecule has 0 bridgehead atoms. The molecule has 0 aliphatic heterocycles. The summed E-state index contributed by atoms with van der Waals surface area (Å²) in [6.45, 7) is 1.45. The molecular weight excluding hydrogens is 300 g/mol. The highest BCUT2D eigenvalue weighted by molar-refractivity contribution is 6.02. The zero-order chi connectivity index (χ0) is 17.1. The Bertz CT molecular complexity index is 894. The lowest BCUT2D eigenvalue weighted by atomic mass is 10.2. The average Bonchev–Trinajstić information content (AvgIpc) is 2.57. The molecule has 0 aliphatic carbocycles. The monoisotopic (exact) mass is 316 g/mol. The molecule has 0 saturated carbocycles. The highest BCUT2D eigenvalue weighted by Crippen LogP contribution is 2.09. The van der Waals surface area contributed by atoms with Crippen molar-refractivity contribution in [2.45, 2.75) is 6.92 Å². The Hall–Kier alpha value is -3.16. The number of hydrogen-bond donors (Lipinski definition) is 2. The molecule has 1 amide bonds. The van der Waals surface area contributed by atoms with Crippen molar-refractivity contribution in [2.24, 2.45) is 19.2 Å². The second-order valence-corrected chi connectivity index (χ2v) is 4.91. The van der Waals surface area contributed by atoms with E-state index in [4.69, 9.17) is 0 Å². The molecule has 8 nitrogen and oxygen atoms in total. The van der Waals surface area contributed by atoms with Gasteiger partial charge in [-0.2, -0.15) is 5.10 Å². The van der Waals surface area contributed by atoms with Crippen molar-refractivity contribution in [2.75, 3.05) is 0 Å². The molecule has 0 fully saturated rings. The summed E-state index contributed by atoms with van der Waals surface area (Å²) in [5.41, 5.74) is 1.30. The largest absolute Gasteiger partial charge is 0.494 e. The molecule has 2 aromatic rings. The van der Waals surface area contributed by atoms with Crippen LogP contribution in [0.15, 0.2) is 45.0 Å². The van der Waals surface area contributed by atoms with Gasteiger partial charge in [0.25, 0.3) is 11.5 Å². The van der Waals surface area contributed by atoms with Gasteiger partial charge in [0.1, 0.15) is 5.56 Å². The third kappa shape index (κ3) is 3.05. The van der Waals surface area contributed by atoms with Gasteiger partial charge < -0.3 is 5.11 Å². The van der Waals surface area contributed by atoms with Gasteiger partial charge in [-0.3, -0.25) is 18.7 Å². The Morgan fingerprint density at radius 2 is 1.74 bits per heavy atom. The summed E-state index contributed by atoms with van der Waals surface area (Å²) >= 11 is 0. The van der Waals surface area contributed by atoms with E-state index >= 15 is 0 Å². The maximum atomic E-state index is 12.1. The molecule has 0 spiro atoms. The van der Waals surface area contributed by atoms with Crippen molar-refractivity contribution < 1.29 is 9.90 Å². The summed E-state index contributed by atoms with van der Waals surface area (Å²) in [5.74, 6) is -0.959. The van der Waals surface area contributed by atoms with Crippen molar-refractivity contribution in [3.8, 4) is 5.88 Å². The van der Waals surface area contributed by atoms with Crippen LogP contribution in [0.1, 0.15) is 22.8 Å². The number of rotatable bonds is 3. The lowest BCUT2D eigenvalue weighted by molar-refractivity contribution is 0.0955. The highest BCUT2D eigenvalue weighted by atomic mass is 16.3. The number of benzene rings is 1. The lowest BCUT2D eigenvalue weighted by Crippen LogP contribution is -2.40. The van der Waals surface area contributed by atoms with Crippen molar-refractivity contribution in [3.63, 3.8) is 0 Å². The standard InChI is InChI=1S/C15H16N4O4/c1-9(16-17-12(20)10-7-5-4-6-8-10)11-13(21)18(2)15(23)19(3)14(11)22/h4-8,21H,1-3H3,(H,17,20)/b16-9+. The first kappa shape index (κ1) is 16.2. The summed E-state index contributed by atoms with van der Waals surface area (Å²) < 4.78 is 1.78. The summed E-state index contributed by atoms with van der Waals surface area (Å²) in [4.78, 5) is 35.7. The predicted molar refractivity (Wildman–Crippen MR) is 84.7 cm³/mol. The summed E-state index contributed by atoms with van der Waals surface area (Å²) in [5, 5.41) is 13.8. The summed E-state index contributed by atoms with van der Waals surface area (Å²) in [6.07, 6.45) is 0. The Labute approximate surface area is 131 Å². The number of nitrogens with one attached hydrogen (secondary N) is 1. The van der Waals surface area contributed by atoms with Gasteiger partial charge in [0.05, 0.1) is 5.71 Å². The van der Waals surface area contributed by atoms with E-state index in [1.54, 1.807) is 30.3 Å². The molecule has 8 heteroatoms. The highest BCUT2D eigenvalue weighted by Gasteiger charge is 2.17. The minimum atomic E-state index is -0.694. The lowest BCUT2D eigenvalue weighted by Gasteiger charge is -2.10. The van der Waals surface area contributed by atoms with E-state index in [1.165, 1.54) is 21.0 Å². The van der Waals surface area contributed by atoms with E-state index in [9.17, 15) is 19.5 Å².